The Morgan fingerprint density at radius 2 is 1.93 bits per heavy atom. The molecule has 0 spiro atoms. The Labute approximate surface area is 183 Å². The van der Waals surface area contributed by atoms with Gasteiger partial charge in [0, 0.05) is 49.0 Å². The molecule has 0 radical (unpaired) electrons. The summed E-state index contributed by atoms with van der Waals surface area (Å²) in [6, 6.07) is 13.8. The molecule has 0 aliphatic carbocycles. The number of hydrogen-bond donors (Lipinski definition) is 2. The van der Waals surface area contributed by atoms with E-state index in [1.807, 2.05) is 43.3 Å². The van der Waals surface area contributed by atoms with Crippen molar-refractivity contribution in [2.75, 3.05) is 45.8 Å². The van der Waals surface area contributed by atoms with Crippen molar-refractivity contribution in [3.8, 4) is 11.5 Å². The number of hydrogen-bond acceptors (Lipinski definition) is 4. The van der Waals surface area contributed by atoms with Gasteiger partial charge in [-0.1, -0.05) is 29.8 Å². The van der Waals surface area contributed by atoms with Crippen molar-refractivity contribution in [2.24, 2.45) is 4.99 Å². The highest BCUT2D eigenvalue weighted by Crippen LogP contribution is 2.38. The molecular weight excluding hydrogens is 402 g/mol. The van der Waals surface area contributed by atoms with Gasteiger partial charge < -0.3 is 24.8 Å². The van der Waals surface area contributed by atoms with Crippen molar-refractivity contribution in [1.29, 1.82) is 0 Å². The SMILES string of the molecule is CCOc1ccc(NC(=NC)NCC2(c3ccccc3Cl)CCOCC2)cc1OC. The zero-order valence-corrected chi connectivity index (χ0v) is 18.6. The third-order valence-corrected chi connectivity index (χ3v) is 5.77. The molecule has 1 heterocycles. The molecule has 30 heavy (non-hydrogen) atoms. The molecule has 0 unspecified atom stereocenters. The summed E-state index contributed by atoms with van der Waals surface area (Å²) >= 11 is 6.56. The lowest BCUT2D eigenvalue weighted by atomic mass is 9.74. The number of anilines is 1. The van der Waals surface area contributed by atoms with Crippen LogP contribution in [0.25, 0.3) is 0 Å². The van der Waals surface area contributed by atoms with Crippen LogP contribution in [-0.4, -0.2) is 46.5 Å². The fourth-order valence-corrected chi connectivity index (χ4v) is 4.12. The van der Waals surface area contributed by atoms with Crippen molar-refractivity contribution < 1.29 is 14.2 Å². The molecule has 0 aromatic heterocycles. The van der Waals surface area contributed by atoms with Crippen molar-refractivity contribution in [2.45, 2.75) is 25.2 Å². The van der Waals surface area contributed by atoms with Gasteiger partial charge in [0.2, 0.25) is 0 Å². The Kier molecular flexibility index (Phi) is 7.82. The first-order valence-electron chi connectivity index (χ1n) is 10.2. The van der Waals surface area contributed by atoms with Gasteiger partial charge in [-0.15, -0.1) is 0 Å². The molecular formula is C23H30ClN3O3. The van der Waals surface area contributed by atoms with Gasteiger partial charge in [0.1, 0.15) is 0 Å². The number of nitrogens with one attached hydrogen (secondary N) is 2. The van der Waals surface area contributed by atoms with Gasteiger partial charge in [-0.25, -0.2) is 0 Å². The summed E-state index contributed by atoms with van der Waals surface area (Å²) in [7, 11) is 3.39. The van der Waals surface area contributed by atoms with E-state index in [-0.39, 0.29) is 5.41 Å². The average molecular weight is 432 g/mol. The summed E-state index contributed by atoms with van der Waals surface area (Å²) < 4.78 is 16.7. The highest BCUT2D eigenvalue weighted by Gasteiger charge is 2.36. The summed E-state index contributed by atoms with van der Waals surface area (Å²) in [6.07, 6.45) is 1.80. The predicted octanol–water partition coefficient (Wildman–Crippen LogP) is 4.48. The van der Waals surface area contributed by atoms with E-state index in [9.17, 15) is 0 Å². The largest absolute Gasteiger partial charge is 0.493 e. The van der Waals surface area contributed by atoms with E-state index >= 15 is 0 Å². The van der Waals surface area contributed by atoms with E-state index in [0.717, 1.165) is 42.3 Å². The molecule has 2 N–H and O–H groups in total. The lowest BCUT2D eigenvalue weighted by molar-refractivity contribution is 0.0515. The maximum absolute atomic E-state index is 6.56. The first-order chi connectivity index (χ1) is 14.6. The van der Waals surface area contributed by atoms with Crippen molar-refractivity contribution in [3.05, 3.63) is 53.1 Å². The first-order valence-corrected chi connectivity index (χ1v) is 10.6. The van der Waals surface area contributed by atoms with E-state index in [1.54, 1.807) is 14.2 Å². The minimum Gasteiger partial charge on any atom is -0.493 e. The number of rotatable bonds is 7. The van der Waals surface area contributed by atoms with Crippen molar-refractivity contribution in [1.82, 2.24) is 5.32 Å². The molecule has 1 aliphatic rings. The lowest BCUT2D eigenvalue weighted by Gasteiger charge is -2.38. The number of guanidine groups is 1. The number of benzene rings is 2. The zero-order chi connectivity index (χ0) is 21.4. The van der Waals surface area contributed by atoms with Crippen molar-refractivity contribution in [3.63, 3.8) is 0 Å². The van der Waals surface area contributed by atoms with Gasteiger partial charge in [-0.05, 0) is 43.5 Å². The van der Waals surface area contributed by atoms with E-state index in [0.29, 0.717) is 30.6 Å². The molecule has 162 valence electrons. The van der Waals surface area contributed by atoms with Gasteiger partial charge in [-0.2, -0.15) is 0 Å². The Hall–Kier alpha value is -2.44. The molecule has 0 saturated carbocycles. The van der Waals surface area contributed by atoms with Crippen LogP contribution in [0.15, 0.2) is 47.5 Å². The highest BCUT2D eigenvalue weighted by molar-refractivity contribution is 6.31. The maximum Gasteiger partial charge on any atom is 0.195 e. The minimum atomic E-state index is -0.106. The molecule has 0 atom stereocenters. The fraction of sp³-hybridized carbons (Fsp3) is 0.435. The quantitative estimate of drug-likeness (QED) is 0.499. The zero-order valence-electron chi connectivity index (χ0n) is 17.8. The molecule has 6 nitrogen and oxygen atoms in total. The average Bonchev–Trinajstić information content (AvgIpc) is 2.78. The Balaban J connectivity index is 1.74. The molecule has 0 amide bonds. The van der Waals surface area contributed by atoms with Gasteiger partial charge >= 0.3 is 0 Å². The standard InChI is InChI=1S/C23H30ClN3O3/c1-4-30-20-10-9-17(15-21(20)28-3)27-22(25-2)26-16-23(11-13-29-14-12-23)18-7-5-6-8-19(18)24/h5-10,15H,4,11-14,16H2,1-3H3,(H2,25,26,27). The van der Waals surface area contributed by atoms with Crippen LogP contribution in [0.2, 0.25) is 5.02 Å². The second-order valence-corrected chi connectivity index (χ2v) is 7.63. The van der Waals surface area contributed by atoms with Crippen LogP contribution in [0.4, 0.5) is 5.69 Å². The summed E-state index contributed by atoms with van der Waals surface area (Å²) in [5.41, 5.74) is 1.91. The molecule has 7 heteroatoms. The van der Waals surface area contributed by atoms with E-state index in [4.69, 9.17) is 25.8 Å². The molecule has 2 aromatic carbocycles. The third kappa shape index (κ3) is 5.18. The normalized spacial score (nSPS) is 16.1. The summed E-state index contributed by atoms with van der Waals surface area (Å²) in [5.74, 6) is 2.07. The molecule has 0 bridgehead atoms. The van der Waals surface area contributed by atoms with E-state index in [2.05, 4.69) is 21.7 Å². The molecule has 1 fully saturated rings. The smallest absolute Gasteiger partial charge is 0.195 e. The first kappa shape index (κ1) is 22.2. The molecule has 1 aliphatic heterocycles. The fourth-order valence-electron chi connectivity index (χ4n) is 3.78. The number of halogens is 1. The Morgan fingerprint density at radius 1 is 1.17 bits per heavy atom. The number of nitrogens with zero attached hydrogens (tertiary/aromatic N) is 1. The minimum absolute atomic E-state index is 0.106. The predicted molar refractivity (Wildman–Crippen MR) is 122 cm³/mol. The van der Waals surface area contributed by atoms with Gasteiger partial charge in [-0.3, -0.25) is 4.99 Å². The van der Waals surface area contributed by atoms with Gasteiger partial charge in [0.15, 0.2) is 17.5 Å². The van der Waals surface area contributed by atoms with Crippen LogP contribution in [0.1, 0.15) is 25.3 Å². The topological polar surface area (TPSA) is 64.1 Å². The maximum atomic E-state index is 6.56. The summed E-state index contributed by atoms with van der Waals surface area (Å²) in [4.78, 5) is 4.39. The molecule has 2 aromatic rings. The van der Waals surface area contributed by atoms with Crippen LogP contribution in [0, 0.1) is 0 Å². The summed E-state index contributed by atoms with van der Waals surface area (Å²) in [6.45, 7) is 4.67. The number of methoxy groups -OCH3 is 1. The van der Waals surface area contributed by atoms with Crippen LogP contribution in [0.3, 0.4) is 0 Å². The summed E-state index contributed by atoms with van der Waals surface area (Å²) in [5, 5.41) is 7.61. The number of ether oxygens (including phenoxy) is 3. The molecule has 3 rings (SSSR count). The molecule has 1 saturated heterocycles. The second-order valence-electron chi connectivity index (χ2n) is 7.22. The number of aliphatic imine (C=N–C) groups is 1. The van der Waals surface area contributed by atoms with Gasteiger partial charge in [0.25, 0.3) is 0 Å². The van der Waals surface area contributed by atoms with Crippen LogP contribution < -0.4 is 20.1 Å². The van der Waals surface area contributed by atoms with E-state index in [1.165, 1.54) is 0 Å². The third-order valence-electron chi connectivity index (χ3n) is 5.44. The van der Waals surface area contributed by atoms with Crippen LogP contribution >= 0.6 is 11.6 Å². The van der Waals surface area contributed by atoms with Crippen LogP contribution in [0.5, 0.6) is 11.5 Å². The van der Waals surface area contributed by atoms with Gasteiger partial charge in [0.05, 0.1) is 13.7 Å². The lowest BCUT2D eigenvalue weighted by Crippen LogP contribution is -2.46. The second kappa shape index (κ2) is 10.5. The Morgan fingerprint density at radius 3 is 2.60 bits per heavy atom. The van der Waals surface area contributed by atoms with Crippen molar-refractivity contribution >= 4 is 23.2 Å². The van der Waals surface area contributed by atoms with E-state index < -0.39 is 0 Å². The highest BCUT2D eigenvalue weighted by atomic mass is 35.5. The van der Waals surface area contributed by atoms with Crippen LogP contribution in [-0.2, 0) is 10.2 Å². The Bertz CT molecular complexity index is 867. The monoisotopic (exact) mass is 431 g/mol.